The summed E-state index contributed by atoms with van der Waals surface area (Å²) in [5, 5.41) is 2.80. The molecule has 3 rings (SSSR count). The summed E-state index contributed by atoms with van der Waals surface area (Å²) in [6, 6.07) is 4.80. The van der Waals surface area contributed by atoms with Gasteiger partial charge in [-0.25, -0.2) is 4.98 Å². The molecule has 0 saturated carbocycles. The summed E-state index contributed by atoms with van der Waals surface area (Å²) < 4.78 is 4.44. The number of aromatic nitrogens is 2. The van der Waals surface area contributed by atoms with Gasteiger partial charge in [-0.1, -0.05) is 15.9 Å². The summed E-state index contributed by atoms with van der Waals surface area (Å²) >= 11 is 4.26. The standard InChI is InChI=1S/C12H7BrN4O3S/c13-6-1-2-7-8(3-6)11(20)17(10(7)19)4-9(18)16-12-14-5-15-21-12/h1-3,5H,4H2,(H,14,15,16,18). The van der Waals surface area contributed by atoms with Gasteiger partial charge in [0.2, 0.25) is 11.0 Å². The van der Waals surface area contributed by atoms with E-state index in [1.807, 2.05) is 0 Å². The molecular weight excluding hydrogens is 360 g/mol. The quantitative estimate of drug-likeness (QED) is 0.831. The van der Waals surface area contributed by atoms with E-state index in [9.17, 15) is 14.4 Å². The number of nitrogens with zero attached hydrogens (tertiary/aromatic N) is 3. The zero-order valence-electron chi connectivity index (χ0n) is 10.4. The molecule has 0 fully saturated rings. The first-order valence-corrected chi connectivity index (χ1v) is 7.35. The summed E-state index contributed by atoms with van der Waals surface area (Å²) in [5.74, 6) is -1.46. The molecule has 1 aliphatic rings. The van der Waals surface area contributed by atoms with Gasteiger partial charge in [0.05, 0.1) is 11.1 Å². The Morgan fingerprint density at radius 2 is 2.05 bits per heavy atom. The minimum absolute atomic E-state index is 0.290. The smallest absolute Gasteiger partial charge is 0.262 e. The maximum Gasteiger partial charge on any atom is 0.262 e. The molecule has 1 N–H and O–H groups in total. The number of fused-ring (bicyclic) bond motifs is 1. The molecule has 106 valence electrons. The molecule has 3 amide bonds. The van der Waals surface area contributed by atoms with Gasteiger partial charge >= 0.3 is 0 Å². The zero-order chi connectivity index (χ0) is 15.0. The molecule has 1 aliphatic heterocycles. The van der Waals surface area contributed by atoms with E-state index in [1.54, 1.807) is 18.2 Å². The van der Waals surface area contributed by atoms with Gasteiger partial charge in [0, 0.05) is 16.0 Å². The van der Waals surface area contributed by atoms with Crippen LogP contribution in [-0.2, 0) is 4.79 Å². The van der Waals surface area contributed by atoms with Crippen molar-refractivity contribution in [3.8, 4) is 0 Å². The number of carbonyl (C=O) groups excluding carboxylic acids is 3. The van der Waals surface area contributed by atoms with Crippen LogP contribution in [0.1, 0.15) is 20.7 Å². The van der Waals surface area contributed by atoms with Gasteiger partial charge in [0.25, 0.3) is 11.8 Å². The molecule has 0 aliphatic carbocycles. The first-order chi connectivity index (χ1) is 10.1. The summed E-state index contributed by atoms with van der Waals surface area (Å²) in [6.45, 7) is -0.358. The van der Waals surface area contributed by atoms with Crippen molar-refractivity contribution in [2.24, 2.45) is 0 Å². The van der Waals surface area contributed by atoms with Crippen LogP contribution in [-0.4, -0.2) is 38.5 Å². The minimum Gasteiger partial charge on any atom is -0.299 e. The fourth-order valence-electron chi connectivity index (χ4n) is 1.94. The largest absolute Gasteiger partial charge is 0.299 e. The molecule has 0 radical (unpaired) electrons. The van der Waals surface area contributed by atoms with Crippen LogP contribution in [0, 0.1) is 0 Å². The van der Waals surface area contributed by atoms with E-state index in [0.29, 0.717) is 15.2 Å². The third kappa shape index (κ3) is 2.57. The predicted molar refractivity (Wildman–Crippen MR) is 78.0 cm³/mol. The number of benzene rings is 1. The number of nitrogens with one attached hydrogen (secondary N) is 1. The Morgan fingerprint density at radius 1 is 1.29 bits per heavy atom. The highest BCUT2D eigenvalue weighted by Gasteiger charge is 2.36. The van der Waals surface area contributed by atoms with E-state index in [4.69, 9.17) is 0 Å². The topological polar surface area (TPSA) is 92.3 Å². The number of halogens is 1. The maximum atomic E-state index is 12.2. The lowest BCUT2D eigenvalue weighted by atomic mass is 10.1. The van der Waals surface area contributed by atoms with E-state index in [1.165, 1.54) is 6.33 Å². The molecule has 0 unspecified atom stereocenters. The Balaban J connectivity index is 1.77. The van der Waals surface area contributed by atoms with Crippen LogP contribution in [0.25, 0.3) is 0 Å². The van der Waals surface area contributed by atoms with Crippen molar-refractivity contribution in [2.75, 3.05) is 11.9 Å². The number of carbonyl (C=O) groups is 3. The van der Waals surface area contributed by atoms with Crippen molar-refractivity contribution in [1.82, 2.24) is 14.3 Å². The number of anilines is 1. The molecule has 2 heterocycles. The van der Waals surface area contributed by atoms with E-state index in [2.05, 4.69) is 30.6 Å². The zero-order valence-corrected chi connectivity index (χ0v) is 12.8. The Morgan fingerprint density at radius 3 is 2.76 bits per heavy atom. The fraction of sp³-hybridized carbons (Fsp3) is 0.0833. The lowest BCUT2D eigenvalue weighted by molar-refractivity contribution is -0.116. The number of rotatable bonds is 3. The molecule has 9 heteroatoms. The van der Waals surface area contributed by atoms with Gasteiger partial charge in [-0.3, -0.25) is 24.6 Å². The molecule has 0 atom stereocenters. The normalized spacial score (nSPS) is 13.5. The van der Waals surface area contributed by atoms with Gasteiger partial charge in [-0.2, -0.15) is 4.37 Å². The van der Waals surface area contributed by atoms with Crippen molar-refractivity contribution < 1.29 is 14.4 Å². The van der Waals surface area contributed by atoms with Crippen molar-refractivity contribution in [3.63, 3.8) is 0 Å². The van der Waals surface area contributed by atoms with Crippen LogP contribution < -0.4 is 5.32 Å². The Bertz CT molecular complexity index is 747. The highest BCUT2D eigenvalue weighted by atomic mass is 79.9. The Kier molecular flexibility index (Phi) is 3.52. The highest BCUT2D eigenvalue weighted by molar-refractivity contribution is 9.10. The average Bonchev–Trinajstić information content (AvgIpc) is 3.02. The van der Waals surface area contributed by atoms with Gasteiger partial charge in [0.15, 0.2) is 0 Å². The second kappa shape index (κ2) is 5.34. The molecule has 0 saturated heterocycles. The first kappa shape index (κ1) is 13.8. The van der Waals surface area contributed by atoms with Crippen molar-refractivity contribution >= 4 is 50.3 Å². The highest BCUT2D eigenvalue weighted by Crippen LogP contribution is 2.25. The monoisotopic (exact) mass is 366 g/mol. The van der Waals surface area contributed by atoms with Crippen molar-refractivity contribution in [3.05, 3.63) is 40.1 Å². The molecule has 2 aromatic rings. The van der Waals surface area contributed by atoms with Crippen LogP contribution >= 0.6 is 27.5 Å². The van der Waals surface area contributed by atoms with Crippen LogP contribution in [0.2, 0.25) is 0 Å². The van der Waals surface area contributed by atoms with Gasteiger partial charge in [-0.05, 0) is 18.2 Å². The van der Waals surface area contributed by atoms with Crippen LogP contribution in [0.5, 0.6) is 0 Å². The third-order valence-electron chi connectivity index (χ3n) is 2.84. The Hall–Kier alpha value is -2.13. The Labute approximate surface area is 131 Å². The van der Waals surface area contributed by atoms with Gasteiger partial charge in [-0.15, -0.1) is 0 Å². The second-order valence-corrected chi connectivity index (χ2v) is 5.88. The van der Waals surface area contributed by atoms with Crippen molar-refractivity contribution in [2.45, 2.75) is 0 Å². The van der Waals surface area contributed by atoms with Gasteiger partial charge < -0.3 is 0 Å². The molecule has 1 aromatic carbocycles. The minimum atomic E-state index is -0.500. The SMILES string of the molecule is O=C(CN1C(=O)c2ccc(Br)cc2C1=O)Nc1ncns1. The van der Waals surface area contributed by atoms with E-state index >= 15 is 0 Å². The van der Waals surface area contributed by atoms with Crippen LogP contribution in [0.4, 0.5) is 5.13 Å². The molecule has 0 bridgehead atoms. The molecule has 1 aromatic heterocycles. The summed E-state index contributed by atoms with van der Waals surface area (Å²) in [6.07, 6.45) is 1.31. The van der Waals surface area contributed by atoms with Crippen molar-refractivity contribution in [1.29, 1.82) is 0 Å². The first-order valence-electron chi connectivity index (χ1n) is 5.78. The summed E-state index contributed by atoms with van der Waals surface area (Å²) in [4.78, 5) is 40.9. The van der Waals surface area contributed by atoms with Crippen LogP contribution in [0.15, 0.2) is 29.0 Å². The van der Waals surface area contributed by atoms with Crippen LogP contribution in [0.3, 0.4) is 0 Å². The molecule has 21 heavy (non-hydrogen) atoms. The number of imide groups is 1. The molecular formula is C12H7BrN4O3S. The fourth-order valence-corrected chi connectivity index (χ4v) is 2.75. The van der Waals surface area contributed by atoms with Gasteiger partial charge in [0.1, 0.15) is 12.9 Å². The van der Waals surface area contributed by atoms with E-state index in [-0.39, 0.29) is 12.1 Å². The van der Waals surface area contributed by atoms with E-state index in [0.717, 1.165) is 16.4 Å². The second-order valence-electron chi connectivity index (χ2n) is 4.18. The predicted octanol–water partition coefficient (Wildman–Crippen LogP) is 1.54. The lowest BCUT2D eigenvalue weighted by Crippen LogP contribution is -2.37. The maximum absolute atomic E-state index is 12.2. The number of hydrogen-bond acceptors (Lipinski definition) is 6. The number of hydrogen-bond donors (Lipinski definition) is 1. The number of amides is 3. The lowest BCUT2D eigenvalue weighted by Gasteiger charge is -2.12. The molecule has 7 nitrogen and oxygen atoms in total. The average molecular weight is 367 g/mol. The van der Waals surface area contributed by atoms with E-state index < -0.39 is 17.7 Å². The summed E-state index contributed by atoms with van der Waals surface area (Å²) in [5.41, 5.74) is 0.588. The molecule has 0 spiro atoms. The third-order valence-corrected chi connectivity index (χ3v) is 3.92. The summed E-state index contributed by atoms with van der Waals surface area (Å²) in [7, 11) is 0.